The maximum atomic E-state index is 8.47. The zero-order chi connectivity index (χ0) is 10.8. The van der Waals surface area contributed by atoms with Crippen LogP contribution < -0.4 is 5.73 Å². The van der Waals surface area contributed by atoms with Gasteiger partial charge in [-0.3, -0.25) is 0 Å². The zero-order valence-corrected chi connectivity index (χ0v) is 9.20. The van der Waals surface area contributed by atoms with Gasteiger partial charge in [0, 0.05) is 26.1 Å². The first-order chi connectivity index (χ1) is 6.76. The molecule has 14 heavy (non-hydrogen) atoms. The third-order valence-electron chi connectivity index (χ3n) is 2.30. The van der Waals surface area contributed by atoms with E-state index in [-0.39, 0.29) is 0 Å². The van der Waals surface area contributed by atoms with Gasteiger partial charge < -0.3 is 15.4 Å². The Morgan fingerprint density at radius 1 is 1.57 bits per heavy atom. The van der Waals surface area contributed by atoms with Crippen molar-refractivity contribution in [1.82, 2.24) is 4.90 Å². The van der Waals surface area contributed by atoms with Gasteiger partial charge in [0.2, 0.25) is 0 Å². The highest BCUT2D eigenvalue weighted by molar-refractivity contribution is 4.75. The van der Waals surface area contributed by atoms with E-state index in [1.165, 1.54) is 0 Å². The number of hydrogen-bond donors (Lipinski definition) is 1. The fraction of sp³-hybridized carbons (Fsp3) is 0.900. The Balaban J connectivity index is 3.84. The molecule has 0 aliphatic carbocycles. The van der Waals surface area contributed by atoms with E-state index in [1.54, 1.807) is 7.11 Å². The van der Waals surface area contributed by atoms with Gasteiger partial charge in [-0.2, -0.15) is 5.26 Å². The molecule has 0 amide bonds. The summed E-state index contributed by atoms with van der Waals surface area (Å²) in [6, 6.07) is 2.53. The molecule has 0 bridgehead atoms. The Hall–Kier alpha value is -0.630. The Bertz CT molecular complexity index is 167. The normalized spacial score (nSPS) is 12.8. The maximum absolute atomic E-state index is 8.47. The van der Waals surface area contributed by atoms with Gasteiger partial charge in [0.15, 0.2) is 0 Å². The van der Waals surface area contributed by atoms with Gasteiger partial charge in [-0.1, -0.05) is 0 Å². The molecule has 0 saturated heterocycles. The molecule has 0 aliphatic rings. The van der Waals surface area contributed by atoms with E-state index in [2.05, 4.69) is 11.0 Å². The number of likely N-dealkylation sites (N-methyl/N-ethyl adjacent to an activating group) is 1. The Kier molecular flexibility index (Phi) is 8.54. The lowest BCUT2D eigenvalue weighted by atomic mass is 10.1. The van der Waals surface area contributed by atoms with Gasteiger partial charge in [0.05, 0.1) is 12.7 Å². The number of nitriles is 1. The second-order valence-corrected chi connectivity index (χ2v) is 3.43. The molecule has 4 nitrogen and oxygen atoms in total. The van der Waals surface area contributed by atoms with Gasteiger partial charge in [-0.25, -0.2) is 0 Å². The number of ether oxygens (including phenoxy) is 1. The highest BCUT2D eigenvalue weighted by Gasteiger charge is 2.13. The van der Waals surface area contributed by atoms with Gasteiger partial charge in [-0.05, 0) is 26.4 Å². The lowest BCUT2D eigenvalue weighted by Crippen LogP contribution is -2.36. The Labute approximate surface area is 86.6 Å². The summed E-state index contributed by atoms with van der Waals surface area (Å²) in [5.41, 5.74) is 5.46. The number of rotatable bonds is 8. The molecule has 0 aromatic rings. The van der Waals surface area contributed by atoms with Crippen LogP contribution in [0.25, 0.3) is 0 Å². The summed E-state index contributed by atoms with van der Waals surface area (Å²) in [6.45, 7) is 2.23. The zero-order valence-electron chi connectivity index (χ0n) is 9.20. The summed E-state index contributed by atoms with van der Waals surface area (Å²) in [5, 5.41) is 8.47. The SMILES string of the molecule is COCC(CCCN)N(C)CCC#N. The summed E-state index contributed by atoms with van der Waals surface area (Å²) >= 11 is 0. The van der Waals surface area contributed by atoms with E-state index in [0.29, 0.717) is 25.6 Å². The lowest BCUT2D eigenvalue weighted by Gasteiger charge is -2.26. The first-order valence-corrected chi connectivity index (χ1v) is 5.02. The predicted octanol–water partition coefficient (Wildman–Crippen LogP) is 0.586. The summed E-state index contributed by atoms with van der Waals surface area (Å²) < 4.78 is 5.14. The summed E-state index contributed by atoms with van der Waals surface area (Å²) in [4.78, 5) is 2.17. The molecule has 1 unspecified atom stereocenters. The smallest absolute Gasteiger partial charge is 0.0635 e. The van der Waals surface area contributed by atoms with E-state index >= 15 is 0 Å². The van der Waals surface area contributed by atoms with Crippen LogP contribution in [0, 0.1) is 11.3 Å². The van der Waals surface area contributed by atoms with Crippen LogP contribution in [-0.4, -0.2) is 44.8 Å². The fourth-order valence-electron chi connectivity index (χ4n) is 1.39. The van der Waals surface area contributed by atoms with Crippen molar-refractivity contribution in [2.45, 2.75) is 25.3 Å². The van der Waals surface area contributed by atoms with Crippen LogP contribution in [0.5, 0.6) is 0 Å². The number of hydrogen-bond acceptors (Lipinski definition) is 4. The molecule has 0 spiro atoms. The fourth-order valence-corrected chi connectivity index (χ4v) is 1.39. The van der Waals surface area contributed by atoms with Gasteiger partial charge in [0.1, 0.15) is 0 Å². The second-order valence-electron chi connectivity index (χ2n) is 3.43. The minimum atomic E-state index is 0.386. The second kappa shape index (κ2) is 8.95. The van der Waals surface area contributed by atoms with Crippen molar-refractivity contribution in [1.29, 1.82) is 5.26 Å². The molecule has 2 N–H and O–H groups in total. The topological polar surface area (TPSA) is 62.3 Å². The van der Waals surface area contributed by atoms with Crippen LogP contribution in [0.4, 0.5) is 0 Å². The molecule has 0 fully saturated rings. The first-order valence-electron chi connectivity index (χ1n) is 5.02. The van der Waals surface area contributed by atoms with Crippen molar-refractivity contribution in [2.75, 3.05) is 33.9 Å². The number of nitrogens with zero attached hydrogens (tertiary/aromatic N) is 2. The van der Waals surface area contributed by atoms with Crippen molar-refractivity contribution in [3.05, 3.63) is 0 Å². The first kappa shape index (κ1) is 13.4. The minimum absolute atomic E-state index is 0.386. The molecule has 4 heteroatoms. The van der Waals surface area contributed by atoms with Crippen molar-refractivity contribution in [2.24, 2.45) is 5.73 Å². The highest BCUT2D eigenvalue weighted by atomic mass is 16.5. The Morgan fingerprint density at radius 2 is 2.29 bits per heavy atom. The van der Waals surface area contributed by atoms with Gasteiger partial charge in [-0.15, -0.1) is 0 Å². The molecule has 0 radical (unpaired) electrons. The van der Waals surface area contributed by atoms with Crippen molar-refractivity contribution in [3.8, 4) is 6.07 Å². The van der Waals surface area contributed by atoms with Crippen molar-refractivity contribution in [3.63, 3.8) is 0 Å². The minimum Gasteiger partial charge on any atom is -0.383 e. The predicted molar refractivity (Wildman–Crippen MR) is 56.8 cm³/mol. The highest BCUT2D eigenvalue weighted by Crippen LogP contribution is 2.05. The molecular formula is C10H21N3O. The number of methoxy groups -OCH3 is 1. The largest absolute Gasteiger partial charge is 0.383 e. The van der Waals surface area contributed by atoms with E-state index in [0.717, 1.165) is 19.4 Å². The molecule has 0 aromatic carbocycles. The van der Waals surface area contributed by atoms with Crippen LogP contribution in [0.3, 0.4) is 0 Å². The van der Waals surface area contributed by atoms with E-state index in [9.17, 15) is 0 Å². The van der Waals surface area contributed by atoms with Crippen LogP contribution in [0.2, 0.25) is 0 Å². The molecular weight excluding hydrogens is 178 g/mol. The molecule has 82 valence electrons. The Morgan fingerprint density at radius 3 is 2.79 bits per heavy atom. The molecule has 1 atom stereocenters. The lowest BCUT2D eigenvalue weighted by molar-refractivity contribution is 0.101. The summed E-state index contributed by atoms with van der Waals surface area (Å²) in [6.07, 6.45) is 2.61. The third-order valence-corrected chi connectivity index (χ3v) is 2.30. The van der Waals surface area contributed by atoms with E-state index < -0.39 is 0 Å². The third kappa shape index (κ3) is 5.92. The average Bonchev–Trinajstić information content (AvgIpc) is 2.20. The summed E-state index contributed by atoms with van der Waals surface area (Å²) in [7, 11) is 3.73. The average molecular weight is 199 g/mol. The van der Waals surface area contributed by atoms with Crippen LogP contribution in [-0.2, 0) is 4.74 Å². The van der Waals surface area contributed by atoms with Crippen molar-refractivity contribution >= 4 is 0 Å². The molecule has 0 heterocycles. The molecule has 0 rings (SSSR count). The van der Waals surface area contributed by atoms with Gasteiger partial charge in [0.25, 0.3) is 0 Å². The van der Waals surface area contributed by atoms with Gasteiger partial charge >= 0.3 is 0 Å². The molecule has 0 saturated carbocycles. The van der Waals surface area contributed by atoms with E-state index in [4.69, 9.17) is 15.7 Å². The van der Waals surface area contributed by atoms with Crippen LogP contribution in [0.15, 0.2) is 0 Å². The molecule has 0 aliphatic heterocycles. The number of nitrogens with two attached hydrogens (primary N) is 1. The maximum Gasteiger partial charge on any atom is 0.0635 e. The quantitative estimate of drug-likeness (QED) is 0.621. The van der Waals surface area contributed by atoms with Crippen molar-refractivity contribution < 1.29 is 4.74 Å². The van der Waals surface area contributed by atoms with E-state index in [1.807, 2.05) is 7.05 Å². The standard InChI is InChI=1S/C10H21N3O/c1-13(8-4-7-12)10(9-14-2)5-3-6-11/h10H,3-6,8-9,11H2,1-2H3. The van der Waals surface area contributed by atoms with Crippen LogP contribution >= 0.6 is 0 Å². The summed E-state index contributed by atoms with van der Waals surface area (Å²) in [5.74, 6) is 0. The monoisotopic (exact) mass is 199 g/mol. The van der Waals surface area contributed by atoms with Crippen LogP contribution in [0.1, 0.15) is 19.3 Å². The molecule has 0 aromatic heterocycles.